The molecule has 2 aromatic heterocycles. The average molecular weight is 559 g/mol. The molecule has 0 aliphatic heterocycles. The first kappa shape index (κ1) is 27.5. The van der Waals surface area contributed by atoms with Crippen molar-refractivity contribution in [2.24, 2.45) is 11.8 Å². The molecule has 3 aromatic rings. The summed E-state index contributed by atoms with van der Waals surface area (Å²) in [4.78, 5) is 23.0. The zero-order chi connectivity index (χ0) is 27.8. The summed E-state index contributed by atoms with van der Waals surface area (Å²) in [5, 5.41) is 1.06. The number of halogens is 6. The van der Waals surface area contributed by atoms with Crippen LogP contribution >= 0.6 is 0 Å². The molecule has 1 aliphatic rings. The van der Waals surface area contributed by atoms with Crippen LogP contribution in [0.5, 0.6) is 0 Å². The molecule has 1 aromatic carbocycles. The number of sulfone groups is 1. The number of hydrogen-bond donors (Lipinski definition) is 1. The van der Waals surface area contributed by atoms with Gasteiger partial charge < -0.3 is 5.32 Å². The Morgan fingerprint density at radius 2 is 1.68 bits per heavy atom. The molecule has 202 valence electrons. The fourth-order valence-electron chi connectivity index (χ4n) is 4.42. The van der Waals surface area contributed by atoms with Crippen LogP contribution in [0.1, 0.15) is 24.9 Å². The van der Waals surface area contributed by atoms with E-state index >= 15 is 0 Å². The third-order valence-corrected chi connectivity index (χ3v) is 8.78. The highest BCUT2D eigenvalue weighted by Crippen LogP contribution is 2.41. The molecule has 1 unspecified atom stereocenters. The largest absolute Gasteiger partial charge is 0.451 e. The predicted octanol–water partition coefficient (Wildman–Crippen LogP) is 4.29. The van der Waals surface area contributed by atoms with Gasteiger partial charge in [0.1, 0.15) is 17.8 Å². The number of carbonyl (C=O) groups is 1. The van der Waals surface area contributed by atoms with Gasteiger partial charge in [0.15, 0.2) is 9.84 Å². The van der Waals surface area contributed by atoms with Crippen molar-refractivity contribution >= 4 is 15.7 Å². The lowest BCUT2D eigenvalue weighted by Gasteiger charge is -2.22. The van der Waals surface area contributed by atoms with Crippen LogP contribution < -0.4 is 5.32 Å². The van der Waals surface area contributed by atoms with E-state index in [2.05, 4.69) is 20.3 Å². The summed E-state index contributed by atoms with van der Waals surface area (Å²) in [6, 6.07) is 5.17. The van der Waals surface area contributed by atoms with Crippen molar-refractivity contribution in [3.05, 3.63) is 72.1 Å². The summed E-state index contributed by atoms with van der Waals surface area (Å²) in [6.45, 7) is 1.07. The molecular weight excluding hydrogens is 538 g/mol. The minimum atomic E-state index is -4.77. The van der Waals surface area contributed by atoms with E-state index in [9.17, 15) is 39.6 Å². The lowest BCUT2D eigenvalue weighted by molar-refractivity contribution is -0.145. The molecular formula is C24H20F6N4O3S. The minimum absolute atomic E-state index is 0.0687. The molecule has 0 spiro atoms. The first-order chi connectivity index (χ1) is 17.8. The van der Waals surface area contributed by atoms with Crippen LogP contribution in [0.3, 0.4) is 0 Å². The number of pyridine rings is 1. The van der Waals surface area contributed by atoms with Crippen LogP contribution in [0.25, 0.3) is 11.1 Å². The Morgan fingerprint density at radius 1 is 1.05 bits per heavy atom. The van der Waals surface area contributed by atoms with E-state index in [1.165, 1.54) is 13.0 Å². The molecule has 0 saturated heterocycles. The number of carbonyl (C=O) groups excluding carboxylic acids is 1. The topological polar surface area (TPSA) is 102 Å². The van der Waals surface area contributed by atoms with Gasteiger partial charge in [0.05, 0.1) is 34.5 Å². The van der Waals surface area contributed by atoms with Crippen molar-refractivity contribution in [3.8, 4) is 11.1 Å². The quantitative estimate of drug-likeness (QED) is 0.358. The maximum absolute atomic E-state index is 14.6. The smallest absolute Gasteiger partial charge is 0.350 e. The number of nitrogens with one attached hydrogen (secondary N) is 1. The Hall–Kier alpha value is -3.55. The third-order valence-electron chi connectivity index (χ3n) is 6.37. The Kier molecular flexibility index (Phi) is 7.46. The molecule has 14 heteroatoms. The van der Waals surface area contributed by atoms with Gasteiger partial charge in [-0.1, -0.05) is 6.92 Å². The lowest BCUT2D eigenvalue weighted by Crippen LogP contribution is -2.40. The van der Waals surface area contributed by atoms with Crippen molar-refractivity contribution in [2.75, 3.05) is 0 Å². The maximum Gasteiger partial charge on any atom is 0.451 e. The Labute approximate surface area is 213 Å². The average Bonchev–Trinajstić information content (AvgIpc) is 3.18. The Balaban J connectivity index is 1.52. The number of hydrogen-bond acceptors (Lipinski definition) is 6. The standard InChI is InChI=1S/C24H20F6N4O3S/c1-12-19(26)7-18(21(12)38(36,37)16-4-2-14(25)3-5-16)22(35)32-10-15-6-17(20(27)11-31-15)13-8-33-23(34-9-13)24(28,29)30/h2-6,8-9,11-12,18-19,21H,7,10H2,1H3,(H,32,35)/t12-,18+,19+,21?/m0/s1. The molecule has 7 nitrogen and oxygen atoms in total. The molecule has 1 amide bonds. The van der Waals surface area contributed by atoms with Gasteiger partial charge >= 0.3 is 6.18 Å². The maximum atomic E-state index is 14.6. The van der Waals surface area contributed by atoms with Gasteiger partial charge in [-0.05, 0) is 36.8 Å². The fourth-order valence-corrected chi connectivity index (χ4v) is 6.65. The number of nitrogens with zero attached hydrogens (tertiary/aromatic N) is 3. The monoisotopic (exact) mass is 558 g/mol. The normalized spacial score (nSPS) is 21.9. The summed E-state index contributed by atoms with van der Waals surface area (Å²) in [5.41, 5.74) is -0.149. The molecule has 1 saturated carbocycles. The van der Waals surface area contributed by atoms with Crippen molar-refractivity contribution in [1.82, 2.24) is 20.3 Å². The number of rotatable bonds is 6. The first-order valence-electron chi connectivity index (χ1n) is 11.2. The second-order valence-corrected chi connectivity index (χ2v) is 11.0. The second kappa shape index (κ2) is 10.3. The van der Waals surface area contributed by atoms with Gasteiger partial charge in [0.25, 0.3) is 0 Å². The highest BCUT2D eigenvalue weighted by atomic mass is 32.2. The summed E-state index contributed by atoms with van der Waals surface area (Å²) < 4.78 is 107. The summed E-state index contributed by atoms with van der Waals surface area (Å²) in [7, 11) is -4.20. The molecule has 1 fully saturated rings. The SMILES string of the molecule is C[C@@H]1C(S(=O)(=O)c2ccc(F)cc2)[C@H](C(=O)NCc2cc(-c3cnc(C(F)(F)F)nc3)c(F)cn2)C[C@H]1F. The molecule has 1 N–H and O–H groups in total. The zero-order valence-electron chi connectivity index (χ0n) is 19.6. The van der Waals surface area contributed by atoms with Crippen molar-refractivity contribution in [3.63, 3.8) is 0 Å². The van der Waals surface area contributed by atoms with E-state index < -0.39 is 62.6 Å². The summed E-state index contributed by atoms with van der Waals surface area (Å²) >= 11 is 0. The van der Waals surface area contributed by atoms with Crippen LogP contribution in [0.4, 0.5) is 26.3 Å². The summed E-state index contributed by atoms with van der Waals surface area (Å²) in [5.74, 6) is -5.99. The van der Waals surface area contributed by atoms with E-state index in [4.69, 9.17) is 0 Å². The number of aromatic nitrogens is 3. The van der Waals surface area contributed by atoms with E-state index in [0.29, 0.717) is 0 Å². The van der Waals surface area contributed by atoms with Crippen LogP contribution in [-0.2, 0) is 27.4 Å². The van der Waals surface area contributed by atoms with Crippen molar-refractivity contribution in [1.29, 1.82) is 0 Å². The number of amides is 1. The second-order valence-electron chi connectivity index (χ2n) is 8.85. The van der Waals surface area contributed by atoms with Crippen LogP contribution in [-0.4, -0.2) is 40.7 Å². The van der Waals surface area contributed by atoms with Gasteiger partial charge in [-0.3, -0.25) is 9.78 Å². The fraction of sp³-hybridized carbons (Fsp3) is 0.333. The van der Waals surface area contributed by atoms with Crippen molar-refractivity contribution in [2.45, 2.75) is 42.4 Å². The van der Waals surface area contributed by atoms with E-state index in [1.807, 2.05) is 0 Å². The number of benzene rings is 1. The highest BCUT2D eigenvalue weighted by molar-refractivity contribution is 7.92. The van der Waals surface area contributed by atoms with Gasteiger partial charge in [0.2, 0.25) is 11.7 Å². The minimum Gasteiger partial charge on any atom is -0.350 e. The van der Waals surface area contributed by atoms with Crippen molar-refractivity contribution < 1.29 is 39.6 Å². The van der Waals surface area contributed by atoms with E-state index in [0.717, 1.165) is 42.9 Å². The molecule has 0 bridgehead atoms. The van der Waals surface area contributed by atoms with Crippen LogP contribution in [0.15, 0.2) is 53.8 Å². The van der Waals surface area contributed by atoms with Crippen LogP contribution in [0.2, 0.25) is 0 Å². The van der Waals surface area contributed by atoms with E-state index in [-0.39, 0.29) is 34.7 Å². The Bertz CT molecular complexity index is 1430. The van der Waals surface area contributed by atoms with Gasteiger partial charge in [-0.25, -0.2) is 31.6 Å². The molecule has 38 heavy (non-hydrogen) atoms. The molecule has 4 rings (SSSR count). The van der Waals surface area contributed by atoms with Gasteiger partial charge in [-0.2, -0.15) is 13.2 Å². The first-order valence-corrected chi connectivity index (χ1v) is 12.8. The summed E-state index contributed by atoms with van der Waals surface area (Å²) in [6.07, 6.45) is -4.33. The van der Waals surface area contributed by atoms with Crippen LogP contribution in [0, 0.1) is 23.5 Å². The molecule has 1 aliphatic carbocycles. The van der Waals surface area contributed by atoms with Gasteiger partial charge in [-0.15, -0.1) is 0 Å². The molecule has 2 heterocycles. The van der Waals surface area contributed by atoms with Gasteiger partial charge in [0, 0.05) is 29.4 Å². The Morgan fingerprint density at radius 3 is 2.29 bits per heavy atom. The highest BCUT2D eigenvalue weighted by Gasteiger charge is 2.51. The predicted molar refractivity (Wildman–Crippen MR) is 122 cm³/mol. The third kappa shape index (κ3) is 5.49. The zero-order valence-corrected chi connectivity index (χ0v) is 20.4. The molecule has 0 radical (unpaired) electrons. The van der Waals surface area contributed by atoms with E-state index in [1.54, 1.807) is 0 Å². The molecule has 4 atom stereocenters. The number of alkyl halides is 4. The lowest BCUT2D eigenvalue weighted by atomic mass is 10.0.